The minimum Gasteiger partial charge on any atom is -0.491 e. The highest BCUT2D eigenvalue weighted by molar-refractivity contribution is 5.94. The number of amides is 1. The Labute approximate surface area is 159 Å². The number of aliphatic carboxylic acids is 1. The zero-order valence-electron chi connectivity index (χ0n) is 15.7. The number of hydrogen-bond donors (Lipinski definition) is 2. The third kappa shape index (κ3) is 5.43. The Kier molecular flexibility index (Phi) is 6.68. The topological polar surface area (TPSA) is 88.1 Å². The van der Waals surface area contributed by atoms with E-state index in [1.165, 1.54) is 0 Å². The van der Waals surface area contributed by atoms with E-state index in [4.69, 9.17) is 14.6 Å². The van der Waals surface area contributed by atoms with Crippen LogP contribution in [0.2, 0.25) is 0 Å². The number of nitrogens with one attached hydrogen (secondary N) is 1. The Morgan fingerprint density at radius 1 is 1.37 bits per heavy atom. The molecule has 2 N–H and O–H groups in total. The van der Waals surface area contributed by atoms with Gasteiger partial charge >= 0.3 is 5.97 Å². The lowest BCUT2D eigenvalue weighted by Crippen LogP contribution is -2.54. The maximum absolute atomic E-state index is 12.5. The molecule has 7 nitrogen and oxygen atoms in total. The van der Waals surface area contributed by atoms with Crippen LogP contribution in [0, 0.1) is 0 Å². The second-order valence-corrected chi connectivity index (χ2v) is 7.23. The molecule has 0 bridgehead atoms. The van der Waals surface area contributed by atoms with Crippen LogP contribution in [0.4, 0.5) is 0 Å². The first-order chi connectivity index (χ1) is 13.0. The number of carbonyl (C=O) groups excluding carboxylic acids is 1. The van der Waals surface area contributed by atoms with Gasteiger partial charge in [0.05, 0.1) is 12.6 Å². The monoisotopic (exact) mass is 376 g/mol. The number of hydrogen-bond acceptors (Lipinski definition) is 5. The van der Waals surface area contributed by atoms with Gasteiger partial charge < -0.3 is 19.9 Å². The number of benzene rings is 1. The van der Waals surface area contributed by atoms with Crippen molar-refractivity contribution in [2.24, 2.45) is 0 Å². The summed E-state index contributed by atoms with van der Waals surface area (Å²) in [6, 6.07) is 7.49. The largest absolute Gasteiger partial charge is 0.491 e. The molecule has 0 spiro atoms. The zero-order valence-corrected chi connectivity index (χ0v) is 15.7. The fraction of sp³-hybridized carbons (Fsp3) is 0.600. The first kappa shape index (κ1) is 19.6. The normalized spacial score (nSPS) is 24.4. The van der Waals surface area contributed by atoms with Gasteiger partial charge in [-0.25, -0.2) is 0 Å². The first-order valence-electron chi connectivity index (χ1n) is 9.66. The molecule has 1 heterocycles. The molecule has 1 aromatic rings. The highest BCUT2D eigenvalue weighted by Crippen LogP contribution is 2.26. The molecule has 1 unspecified atom stereocenters. The second-order valence-electron chi connectivity index (χ2n) is 7.23. The van der Waals surface area contributed by atoms with Crippen LogP contribution in [0.3, 0.4) is 0 Å². The number of likely N-dealkylation sites (N-methyl/N-ethyl adjacent to an activating group) is 1. The maximum Gasteiger partial charge on any atom is 0.317 e. The number of carboxylic acids is 1. The molecule has 1 atom stereocenters. The second kappa shape index (κ2) is 9.19. The quantitative estimate of drug-likeness (QED) is 0.685. The molecule has 148 valence electrons. The third-order valence-electron chi connectivity index (χ3n) is 5.27. The minimum atomic E-state index is -0.816. The predicted octanol–water partition coefficient (Wildman–Crippen LogP) is 1.91. The number of rotatable bonds is 9. The van der Waals surface area contributed by atoms with E-state index in [1.54, 1.807) is 12.1 Å². The minimum absolute atomic E-state index is 0.0475. The van der Waals surface area contributed by atoms with Gasteiger partial charge in [-0.15, -0.1) is 0 Å². The van der Waals surface area contributed by atoms with Gasteiger partial charge in [-0.1, -0.05) is 13.0 Å². The molecule has 1 aliphatic carbocycles. The highest BCUT2D eigenvalue weighted by atomic mass is 16.5. The summed E-state index contributed by atoms with van der Waals surface area (Å²) in [6.07, 6.45) is 3.78. The molecule has 1 saturated heterocycles. The van der Waals surface area contributed by atoms with Crippen LogP contribution < -0.4 is 10.1 Å². The highest BCUT2D eigenvalue weighted by Gasteiger charge is 2.34. The molecular formula is C20H28N2O5. The van der Waals surface area contributed by atoms with Crippen LogP contribution in [-0.2, 0) is 9.53 Å². The lowest BCUT2D eigenvalue weighted by molar-refractivity contribution is -0.139. The lowest BCUT2D eigenvalue weighted by Gasteiger charge is -2.42. The predicted molar refractivity (Wildman–Crippen MR) is 100 cm³/mol. The van der Waals surface area contributed by atoms with Gasteiger partial charge in [0, 0.05) is 24.3 Å². The van der Waals surface area contributed by atoms with E-state index in [2.05, 4.69) is 5.32 Å². The molecule has 0 aromatic heterocycles. The zero-order chi connectivity index (χ0) is 19.2. The summed E-state index contributed by atoms with van der Waals surface area (Å²) in [4.78, 5) is 25.3. The van der Waals surface area contributed by atoms with Crippen LogP contribution in [0.25, 0.3) is 0 Å². The van der Waals surface area contributed by atoms with Crippen molar-refractivity contribution >= 4 is 11.9 Å². The van der Waals surface area contributed by atoms with Crippen molar-refractivity contribution in [1.82, 2.24) is 10.2 Å². The Bertz CT molecular complexity index is 654. The Morgan fingerprint density at radius 3 is 2.85 bits per heavy atom. The smallest absolute Gasteiger partial charge is 0.317 e. The van der Waals surface area contributed by atoms with Gasteiger partial charge in [-0.2, -0.15) is 0 Å². The fourth-order valence-corrected chi connectivity index (χ4v) is 3.64. The number of carboxylic acid groups (broad SMARTS) is 1. The van der Waals surface area contributed by atoms with Crippen LogP contribution in [0.1, 0.15) is 43.0 Å². The van der Waals surface area contributed by atoms with Crippen molar-refractivity contribution in [3.05, 3.63) is 29.8 Å². The van der Waals surface area contributed by atoms with Crippen molar-refractivity contribution in [1.29, 1.82) is 0 Å². The van der Waals surface area contributed by atoms with Gasteiger partial charge in [-0.05, 0) is 50.4 Å². The van der Waals surface area contributed by atoms with E-state index in [1.807, 2.05) is 24.0 Å². The average Bonchev–Trinajstić information content (AvgIpc) is 3.14. The van der Waals surface area contributed by atoms with E-state index < -0.39 is 5.97 Å². The van der Waals surface area contributed by atoms with Crippen molar-refractivity contribution in [3.63, 3.8) is 0 Å². The van der Waals surface area contributed by atoms with Crippen LogP contribution in [-0.4, -0.2) is 66.4 Å². The molecular weight excluding hydrogens is 348 g/mol. The van der Waals surface area contributed by atoms with E-state index in [9.17, 15) is 9.59 Å². The molecule has 2 aliphatic rings. The molecule has 27 heavy (non-hydrogen) atoms. The summed E-state index contributed by atoms with van der Waals surface area (Å²) >= 11 is 0. The number of nitrogens with zero attached hydrogens (tertiary/aromatic N) is 1. The first-order valence-corrected chi connectivity index (χ1v) is 9.66. The molecule has 2 fully saturated rings. The van der Waals surface area contributed by atoms with Gasteiger partial charge in [0.2, 0.25) is 0 Å². The number of ether oxygens (including phenoxy) is 2. The summed E-state index contributed by atoms with van der Waals surface area (Å²) in [7, 11) is 0. The van der Waals surface area contributed by atoms with E-state index in [0.29, 0.717) is 24.5 Å². The molecule has 1 aromatic carbocycles. The molecule has 7 heteroatoms. The Hall–Kier alpha value is -2.12. The summed E-state index contributed by atoms with van der Waals surface area (Å²) in [5.74, 6) is -0.269. The molecule has 0 radical (unpaired) electrons. The Morgan fingerprint density at radius 2 is 2.19 bits per heavy atom. The van der Waals surface area contributed by atoms with E-state index in [-0.39, 0.29) is 30.6 Å². The lowest BCUT2D eigenvalue weighted by atomic mass is 9.85. The molecule has 1 amide bonds. The van der Waals surface area contributed by atoms with Crippen LogP contribution >= 0.6 is 0 Å². The Balaban J connectivity index is 1.46. The van der Waals surface area contributed by atoms with Crippen molar-refractivity contribution in [2.45, 2.75) is 50.8 Å². The van der Waals surface area contributed by atoms with Crippen molar-refractivity contribution in [2.75, 3.05) is 26.3 Å². The molecule has 1 aliphatic heterocycles. The van der Waals surface area contributed by atoms with Crippen molar-refractivity contribution in [3.8, 4) is 5.75 Å². The van der Waals surface area contributed by atoms with Gasteiger partial charge in [0.15, 0.2) is 0 Å². The average molecular weight is 376 g/mol. The van der Waals surface area contributed by atoms with Crippen molar-refractivity contribution < 1.29 is 24.2 Å². The maximum atomic E-state index is 12.5. The van der Waals surface area contributed by atoms with Gasteiger partial charge in [0.25, 0.3) is 5.91 Å². The van der Waals surface area contributed by atoms with Crippen LogP contribution in [0.5, 0.6) is 5.75 Å². The standard InChI is InChI=1S/C20H28N2O5/c1-2-22(12-19(23)24)16-10-15(11-16)21-20(25)14-5-3-6-17(9-14)27-13-18-7-4-8-26-18/h3,5-6,9,15-16,18H,2,4,7-8,10-13H2,1H3,(H,21,25)(H,23,24). The summed E-state index contributed by atoms with van der Waals surface area (Å²) in [5, 5.41) is 12.0. The van der Waals surface area contributed by atoms with Crippen LogP contribution in [0.15, 0.2) is 24.3 Å². The SMILES string of the molecule is CCN(CC(=O)O)C1CC(NC(=O)c2cccc(OCC3CCCO3)c2)C1. The number of carbonyl (C=O) groups is 2. The van der Waals surface area contributed by atoms with Gasteiger partial charge in [0.1, 0.15) is 12.4 Å². The van der Waals surface area contributed by atoms with Gasteiger partial charge in [-0.3, -0.25) is 14.5 Å². The summed E-state index contributed by atoms with van der Waals surface area (Å²) < 4.78 is 11.3. The third-order valence-corrected chi connectivity index (χ3v) is 5.27. The van der Waals surface area contributed by atoms with E-state index >= 15 is 0 Å². The molecule has 1 saturated carbocycles. The fourth-order valence-electron chi connectivity index (χ4n) is 3.64. The van der Waals surface area contributed by atoms with E-state index in [0.717, 1.165) is 32.3 Å². The summed E-state index contributed by atoms with van der Waals surface area (Å²) in [6.45, 7) is 4.00. The summed E-state index contributed by atoms with van der Waals surface area (Å²) in [5.41, 5.74) is 0.571. The molecule has 3 rings (SSSR count).